The van der Waals surface area contributed by atoms with Crippen molar-refractivity contribution in [1.82, 2.24) is 14.8 Å². The minimum Gasteiger partial charge on any atom is -0.370 e. The molecule has 1 aromatic heterocycles. The van der Waals surface area contributed by atoms with Crippen molar-refractivity contribution in [2.24, 2.45) is 0 Å². The number of hydrogen-bond donors (Lipinski definition) is 0. The standard InChI is InChI=1S/C23H31N5O/c1-16-12-27(17(2)11-26(16)4)14-20-15-28(13-18(3)29-20)22-8-7-19(10-24)23-21(22)6-5-9-25-23/h5-9,16-18,20H,11-15H2,1-4H3/t16?,17?,18-,20+/m1/s1. The minimum absolute atomic E-state index is 0.163. The van der Waals surface area contributed by atoms with Crippen LogP contribution >= 0.6 is 0 Å². The minimum atomic E-state index is 0.163. The van der Waals surface area contributed by atoms with Gasteiger partial charge in [0, 0.05) is 62.1 Å². The lowest BCUT2D eigenvalue weighted by molar-refractivity contribution is -0.0505. The molecule has 29 heavy (non-hydrogen) atoms. The maximum Gasteiger partial charge on any atom is 0.101 e. The molecule has 0 aliphatic carbocycles. The molecule has 0 radical (unpaired) electrons. The molecule has 0 amide bonds. The Morgan fingerprint density at radius 2 is 1.93 bits per heavy atom. The van der Waals surface area contributed by atoms with Gasteiger partial charge in [-0.25, -0.2) is 0 Å². The Morgan fingerprint density at radius 1 is 1.10 bits per heavy atom. The first-order valence-corrected chi connectivity index (χ1v) is 10.6. The molecule has 2 saturated heterocycles. The van der Waals surface area contributed by atoms with Crippen LogP contribution in [0.1, 0.15) is 26.3 Å². The Kier molecular flexibility index (Phi) is 5.73. The molecule has 154 valence electrons. The van der Waals surface area contributed by atoms with Crippen LogP contribution in [0, 0.1) is 11.3 Å². The number of rotatable bonds is 3. The maximum atomic E-state index is 9.44. The van der Waals surface area contributed by atoms with E-state index in [0.29, 0.717) is 17.6 Å². The van der Waals surface area contributed by atoms with Crippen molar-refractivity contribution in [3.8, 4) is 6.07 Å². The fourth-order valence-electron chi connectivity index (χ4n) is 4.75. The SMILES string of the molecule is CC1CN(C[C@H]2CN(c3ccc(C#N)c4ncccc34)C[C@@H](C)O2)C(C)CN1C. The molecule has 4 rings (SSSR count). The molecule has 2 aliphatic rings. The van der Waals surface area contributed by atoms with Gasteiger partial charge in [-0.1, -0.05) is 0 Å². The second kappa shape index (κ2) is 8.27. The third-order valence-electron chi connectivity index (χ3n) is 6.40. The lowest BCUT2D eigenvalue weighted by Crippen LogP contribution is -2.59. The first-order chi connectivity index (χ1) is 14.0. The van der Waals surface area contributed by atoms with Crippen molar-refractivity contribution in [3.05, 3.63) is 36.0 Å². The van der Waals surface area contributed by atoms with E-state index in [0.717, 1.165) is 49.3 Å². The summed E-state index contributed by atoms with van der Waals surface area (Å²) < 4.78 is 6.34. The van der Waals surface area contributed by atoms with Gasteiger partial charge in [-0.05, 0) is 52.1 Å². The molecule has 2 aliphatic heterocycles. The van der Waals surface area contributed by atoms with Crippen LogP contribution in [0.3, 0.4) is 0 Å². The Bertz CT molecular complexity index is 910. The number of hydrogen-bond acceptors (Lipinski definition) is 6. The number of pyridine rings is 1. The number of aromatic nitrogens is 1. The van der Waals surface area contributed by atoms with E-state index < -0.39 is 0 Å². The normalized spacial score (nSPS) is 29.1. The fraction of sp³-hybridized carbons (Fsp3) is 0.565. The first kappa shape index (κ1) is 20.1. The zero-order valence-corrected chi connectivity index (χ0v) is 17.9. The summed E-state index contributed by atoms with van der Waals surface area (Å²) in [6.45, 7) is 11.6. The summed E-state index contributed by atoms with van der Waals surface area (Å²) in [7, 11) is 2.21. The van der Waals surface area contributed by atoms with E-state index in [-0.39, 0.29) is 12.2 Å². The highest BCUT2D eigenvalue weighted by molar-refractivity contribution is 5.95. The van der Waals surface area contributed by atoms with Gasteiger partial charge in [0.2, 0.25) is 0 Å². The van der Waals surface area contributed by atoms with Gasteiger partial charge in [-0.15, -0.1) is 0 Å². The molecular weight excluding hydrogens is 362 g/mol. The van der Waals surface area contributed by atoms with E-state index in [1.807, 2.05) is 12.1 Å². The van der Waals surface area contributed by atoms with Crippen molar-refractivity contribution in [3.63, 3.8) is 0 Å². The van der Waals surface area contributed by atoms with Gasteiger partial charge >= 0.3 is 0 Å². The molecule has 0 spiro atoms. The molecule has 4 atom stereocenters. The average molecular weight is 394 g/mol. The highest BCUT2D eigenvalue weighted by Crippen LogP contribution is 2.30. The van der Waals surface area contributed by atoms with Gasteiger partial charge in [-0.3, -0.25) is 9.88 Å². The smallest absolute Gasteiger partial charge is 0.101 e. The first-order valence-electron chi connectivity index (χ1n) is 10.6. The Morgan fingerprint density at radius 3 is 2.72 bits per heavy atom. The van der Waals surface area contributed by atoms with E-state index in [1.165, 1.54) is 0 Å². The predicted molar refractivity (Wildman–Crippen MR) is 116 cm³/mol. The molecule has 2 unspecified atom stereocenters. The Labute approximate surface area is 173 Å². The zero-order valence-electron chi connectivity index (χ0n) is 17.9. The topological polar surface area (TPSA) is 55.6 Å². The van der Waals surface area contributed by atoms with Gasteiger partial charge < -0.3 is 14.5 Å². The van der Waals surface area contributed by atoms with Crippen LogP contribution < -0.4 is 4.90 Å². The number of anilines is 1. The van der Waals surface area contributed by atoms with E-state index in [4.69, 9.17) is 4.74 Å². The van der Waals surface area contributed by atoms with Crippen molar-refractivity contribution in [1.29, 1.82) is 5.26 Å². The molecule has 0 saturated carbocycles. The molecule has 6 heteroatoms. The average Bonchev–Trinajstić information content (AvgIpc) is 2.70. The lowest BCUT2D eigenvalue weighted by atomic mass is 10.0. The van der Waals surface area contributed by atoms with Crippen LogP contribution in [0.5, 0.6) is 0 Å². The maximum absolute atomic E-state index is 9.44. The van der Waals surface area contributed by atoms with Crippen LogP contribution in [0.25, 0.3) is 10.9 Å². The second-order valence-electron chi connectivity index (χ2n) is 8.71. The molecule has 3 heterocycles. The van der Waals surface area contributed by atoms with Crippen LogP contribution in [0.4, 0.5) is 5.69 Å². The summed E-state index contributed by atoms with van der Waals surface area (Å²) in [6, 6.07) is 11.3. The number of nitriles is 1. The molecule has 0 N–H and O–H groups in total. The Balaban J connectivity index is 1.56. The van der Waals surface area contributed by atoms with Gasteiger partial charge in [-0.2, -0.15) is 5.26 Å². The zero-order chi connectivity index (χ0) is 20.5. The predicted octanol–water partition coefficient (Wildman–Crippen LogP) is 2.72. The van der Waals surface area contributed by atoms with Crippen LogP contribution in [-0.2, 0) is 4.74 Å². The van der Waals surface area contributed by atoms with Gasteiger partial charge in [0.05, 0.1) is 23.3 Å². The number of nitrogens with zero attached hydrogens (tertiary/aromatic N) is 5. The molecule has 2 fully saturated rings. The van der Waals surface area contributed by atoms with Crippen molar-refractivity contribution in [2.75, 3.05) is 44.7 Å². The molecular formula is C23H31N5O. The lowest BCUT2D eigenvalue weighted by Gasteiger charge is -2.46. The summed E-state index contributed by atoms with van der Waals surface area (Å²) in [4.78, 5) is 11.9. The van der Waals surface area contributed by atoms with E-state index in [9.17, 15) is 5.26 Å². The Hall–Kier alpha value is -2.20. The third-order valence-corrected chi connectivity index (χ3v) is 6.40. The van der Waals surface area contributed by atoms with Gasteiger partial charge in [0.1, 0.15) is 6.07 Å². The monoisotopic (exact) mass is 393 g/mol. The second-order valence-corrected chi connectivity index (χ2v) is 8.71. The van der Waals surface area contributed by atoms with Crippen molar-refractivity contribution in [2.45, 2.75) is 45.1 Å². The van der Waals surface area contributed by atoms with Crippen molar-refractivity contribution < 1.29 is 4.74 Å². The molecule has 0 bridgehead atoms. The van der Waals surface area contributed by atoms with E-state index in [2.05, 4.69) is 65.7 Å². The van der Waals surface area contributed by atoms with Crippen molar-refractivity contribution >= 4 is 16.6 Å². The number of benzene rings is 1. The largest absolute Gasteiger partial charge is 0.370 e. The summed E-state index contributed by atoms with van der Waals surface area (Å²) in [5, 5.41) is 10.5. The summed E-state index contributed by atoms with van der Waals surface area (Å²) >= 11 is 0. The molecule has 6 nitrogen and oxygen atoms in total. The number of piperazine rings is 1. The third kappa shape index (κ3) is 4.09. The van der Waals surface area contributed by atoms with Gasteiger partial charge in [0.15, 0.2) is 0 Å². The number of fused-ring (bicyclic) bond motifs is 1. The highest BCUT2D eigenvalue weighted by Gasteiger charge is 2.32. The summed E-state index contributed by atoms with van der Waals surface area (Å²) in [5.74, 6) is 0. The summed E-state index contributed by atoms with van der Waals surface area (Å²) in [6.07, 6.45) is 2.09. The molecule has 1 aromatic carbocycles. The number of likely N-dealkylation sites (N-methyl/N-ethyl adjacent to an activating group) is 1. The van der Waals surface area contributed by atoms with Crippen LogP contribution in [0.15, 0.2) is 30.5 Å². The van der Waals surface area contributed by atoms with Crippen LogP contribution in [-0.4, -0.2) is 78.8 Å². The number of ether oxygens (including phenoxy) is 1. The van der Waals surface area contributed by atoms with E-state index in [1.54, 1.807) is 6.20 Å². The fourth-order valence-corrected chi connectivity index (χ4v) is 4.75. The number of morpholine rings is 1. The van der Waals surface area contributed by atoms with Crippen LogP contribution in [0.2, 0.25) is 0 Å². The van der Waals surface area contributed by atoms with E-state index >= 15 is 0 Å². The summed E-state index contributed by atoms with van der Waals surface area (Å²) in [5.41, 5.74) is 2.55. The quantitative estimate of drug-likeness (QED) is 0.799. The highest BCUT2D eigenvalue weighted by atomic mass is 16.5. The molecule has 2 aromatic rings. The van der Waals surface area contributed by atoms with Gasteiger partial charge in [0.25, 0.3) is 0 Å².